The standard InChI is InChI=1S/C18H28N2O4/c1-22-15-10-4-12(17(23-2)18(15)24-3)5-11-16(21)20-14-8-6-13(19)7-9-14/h4,10,13-14H,5-9,11,19H2,1-3H3,(H,20,21). The quantitative estimate of drug-likeness (QED) is 0.796. The van der Waals surface area contributed by atoms with Gasteiger partial charge in [-0.2, -0.15) is 0 Å². The van der Waals surface area contributed by atoms with E-state index < -0.39 is 0 Å². The van der Waals surface area contributed by atoms with Crippen molar-refractivity contribution in [1.82, 2.24) is 5.32 Å². The normalized spacial score (nSPS) is 20.3. The smallest absolute Gasteiger partial charge is 0.220 e. The predicted octanol–water partition coefficient (Wildman–Crippen LogP) is 2.03. The first-order valence-electron chi connectivity index (χ1n) is 8.41. The van der Waals surface area contributed by atoms with Gasteiger partial charge in [0.1, 0.15) is 0 Å². The number of nitrogens with two attached hydrogens (primary N) is 1. The molecule has 1 fully saturated rings. The molecular formula is C18H28N2O4. The van der Waals surface area contributed by atoms with Gasteiger partial charge < -0.3 is 25.3 Å². The SMILES string of the molecule is COc1ccc(CCC(=O)NC2CCC(N)CC2)c(OC)c1OC. The van der Waals surface area contributed by atoms with Crippen molar-refractivity contribution in [3.05, 3.63) is 17.7 Å². The summed E-state index contributed by atoms with van der Waals surface area (Å²) in [6, 6.07) is 4.28. The number of ether oxygens (including phenoxy) is 3. The number of aryl methyl sites for hydroxylation is 1. The fraction of sp³-hybridized carbons (Fsp3) is 0.611. The molecule has 24 heavy (non-hydrogen) atoms. The molecule has 2 rings (SSSR count). The van der Waals surface area contributed by atoms with Gasteiger partial charge >= 0.3 is 0 Å². The highest BCUT2D eigenvalue weighted by Crippen LogP contribution is 2.40. The zero-order valence-corrected chi connectivity index (χ0v) is 14.8. The van der Waals surface area contributed by atoms with Gasteiger partial charge in [0.05, 0.1) is 21.3 Å². The van der Waals surface area contributed by atoms with Crippen LogP contribution in [0.25, 0.3) is 0 Å². The fourth-order valence-electron chi connectivity index (χ4n) is 3.17. The van der Waals surface area contributed by atoms with E-state index >= 15 is 0 Å². The van der Waals surface area contributed by atoms with E-state index in [9.17, 15) is 4.79 Å². The molecule has 1 aliphatic rings. The van der Waals surface area contributed by atoms with E-state index in [-0.39, 0.29) is 18.0 Å². The van der Waals surface area contributed by atoms with Crippen LogP contribution in [-0.2, 0) is 11.2 Å². The van der Waals surface area contributed by atoms with E-state index in [0.29, 0.717) is 30.1 Å². The third kappa shape index (κ3) is 4.54. The molecule has 1 aliphatic carbocycles. The number of carbonyl (C=O) groups is 1. The Labute approximate surface area is 143 Å². The highest BCUT2D eigenvalue weighted by atomic mass is 16.5. The summed E-state index contributed by atoms with van der Waals surface area (Å²) in [5, 5.41) is 3.11. The third-order valence-electron chi connectivity index (χ3n) is 4.54. The average Bonchev–Trinajstić information content (AvgIpc) is 2.60. The van der Waals surface area contributed by atoms with Gasteiger partial charge in [0.15, 0.2) is 11.5 Å². The number of amides is 1. The van der Waals surface area contributed by atoms with Crippen molar-refractivity contribution >= 4 is 5.91 Å². The van der Waals surface area contributed by atoms with Gasteiger partial charge in [-0.05, 0) is 43.7 Å². The number of nitrogens with one attached hydrogen (secondary N) is 1. The van der Waals surface area contributed by atoms with Gasteiger partial charge in [-0.25, -0.2) is 0 Å². The molecule has 0 unspecified atom stereocenters. The number of carbonyl (C=O) groups excluding carboxylic acids is 1. The maximum atomic E-state index is 12.2. The maximum Gasteiger partial charge on any atom is 0.220 e. The lowest BCUT2D eigenvalue weighted by molar-refractivity contribution is -0.122. The minimum atomic E-state index is 0.0623. The highest BCUT2D eigenvalue weighted by molar-refractivity contribution is 5.76. The van der Waals surface area contributed by atoms with Crippen LogP contribution >= 0.6 is 0 Å². The van der Waals surface area contributed by atoms with E-state index in [1.54, 1.807) is 21.3 Å². The number of hydrogen-bond acceptors (Lipinski definition) is 5. The minimum Gasteiger partial charge on any atom is -0.493 e. The Morgan fingerprint density at radius 2 is 1.75 bits per heavy atom. The number of methoxy groups -OCH3 is 3. The molecule has 0 bridgehead atoms. The fourth-order valence-corrected chi connectivity index (χ4v) is 3.17. The molecule has 0 aliphatic heterocycles. The number of benzene rings is 1. The van der Waals surface area contributed by atoms with Crippen LogP contribution in [0.5, 0.6) is 17.2 Å². The summed E-state index contributed by atoms with van der Waals surface area (Å²) in [6.07, 6.45) is 4.89. The van der Waals surface area contributed by atoms with Crippen LogP contribution in [0.15, 0.2) is 12.1 Å². The minimum absolute atomic E-state index is 0.0623. The van der Waals surface area contributed by atoms with Gasteiger partial charge in [-0.15, -0.1) is 0 Å². The largest absolute Gasteiger partial charge is 0.493 e. The van der Waals surface area contributed by atoms with Crippen LogP contribution < -0.4 is 25.3 Å². The molecule has 3 N–H and O–H groups in total. The molecule has 134 valence electrons. The molecule has 1 aromatic rings. The summed E-state index contributed by atoms with van der Waals surface area (Å²) >= 11 is 0. The van der Waals surface area contributed by atoms with Crippen LogP contribution in [0, 0.1) is 0 Å². The Bertz CT molecular complexity index is 554. The van der Waals surface area contributed by atoms with E-state index in [1.807, 2.05) is 12.1 Å². The second-order valence-corrected chi connectivity index (χ2v) is 6.17. The Hall–Kier alpha value is -1.95. The van der Waals surface area contributed by atoms with Gasteiger partial charge in [-0.1, -0.05) is 6.07 Å². The van der Waals surface area contributed by atoms with Crippen molar-refractivity contribution in [3.8, 4) is 17.2 Å². The third-order valence-corrected chi connectivity index (χ3v) is 4.54. The Kier molecular flexibility index (Phi) is 6.73. The summed E-state index contributed by atoms with van der Waals surface area (Å²) in [4.78, 5) is 12.2. The van der Waals surface area contributed by atoms with Crippen molar-refractivity contribution < 1.29 is 19.0 Å². The monoisotopic (exact) mass is 336 g/mol. The summed E-state index contributed by atoms with van der Waals surface area (Å²) < 4.78 is 16.1. The number of hydrogen-bond donors (Lipinski definition) is 2. The van der Waals surface area contributed by atoms with Gasteiger partial charge in [0, 0.05) is 18.5 Å². The molecule has 6 nitrogen and oxygen atoms in total. The Morgan fingerprint density at radius 1 is 1.08 bits per heavy atom. The zero-order valence-electron chi connectivity index (χ0n) is 14.8. The second kappa shape index (κ2) is 8.78. The van der Waals surface area contributed by atoms with Crippen molar-refractivity contribution in [3.63, 3.8) is 0 Å². The number of rotatable bonds is 7. The van der Waals surface area contributed by atoms with Crippen LogP contribution in [0.3, 0.4) is 0 Å². The molecule has 1 amide bonds. The lowest BCUT2D eigenvalue weighted by Gasteiger charge is -2.26. The van der Waals surface area contributed by atoms with Gasteiger partial charge in [-0.3, -0.25) is 4.79 Å². The lowest BCUT2D eigenvalue weighted by Crippen LogP contribution is -2.40. The van der Waals surface area contributed by atoms with Crippen molar-refractivity contribution in [2.75, 3.05) is 21.3 Å². The average molecular weight is 336 g/mol. The molecular weight excluding hydrogens is 308 g/mol. The first-order chi connectivity index (χ1) is 11.6. The molecule has 0 atom stereocenters. The first kappa shape index (κ1) is 18.4. The van der Waals surface area contributed by atoms with Gasteiger partial charge in [0.25, 0.3) is 0 Å². The molecule has 0 radical (unpaired) electrons. The topological polar surface area (TPSA) is 82.8 Å². The van der Waals surface area contributed by atoms with Crippen LogP contribution in [0.1, 0.15) is 37.7 Å². The molecule has 0 spiro atoms. The summed E-state index contributed by atoms with van der Waals surface area (Å²) in [5.74, 6) is 1.85. The van der Waals surface area contributed by atoms with Crippen LogP contribution in [0.4, 0.5) is 0 Å². The molecule has 0 saturated heterocycles. The van der Waals surface area contributed by atoms with E-state index in [2.05, 4.69) is 5.32 Å². The van der Waals surface area contributed by atoms with Crippen LogP contribution in [0.2, 0.25) is 0 Å². The van der Waals surface area contributed by atoms with E-state index in [4.69, 9.17) is 19.9 Å². The van der Waals surface area contributed by atoms with Crippen molar-refractivity contribution in [2.45, 2.75) is 50.6 Å². The molecule has 1 saturated carbocycles. The molecule has 0 heterocycles. The zero-order chi connectivity index (χ0) is 17.5. The summed E-state index contributed by atoms with van der Waals surface area (Å²) in [6.45, 7) is 0. The van der Waals surface area contributed by atoms with Gasteiger partial charge in [0.2, 0.25) is 11.7 Å². The second-order valence-electron chi connectivity index (χ2n) is 6.17. The highest BCUT2D eigenvalue weighted by Gasteiger charge is 2.21. The van der Waals surface area contributed by atoms with Crippen molar-refractivity contribution in [1.29, 1.82) is 0 Å². The van der Waals surface area contributed by atoms with Crippen molar-refractivity contribution in [2.24, 2.45) is 5.73 Å². The van der Waals surface area contributed by atoms with E-state index in [1.165, 1.54) is 0 Å². The molecule has 1 aromatic carbocycles. The Balaban J connectivity index is 1.94. The molecule has 6 heteroatoms. The summed E-state index contributed by atoms with van der Waals surface area (Å²) in [5.41, 5.74) is 6.82. The molecule has 0 aromatic heterocycles. The maximum absolute atomic E-state index is 12.2. The Morgan fingerprint density at radius 3 is 2.33 bits per heavy atom. The van der Waals surface area contributed by atoms with E-state index in [0.717, 1.165) is 31.2 Å². The summed E-state index contributed by atoms with van der Waals surface area (Å²) in [7, 11) is 4.75. The first-order valence-corrected chi connectivity index (χ1v) is 8.41. The van der Waals surface area contributed by atoms with Crippen LogP contribution in [-0.4, -0.2) is 39.3 Å². The predicted molar refractivity (Wildman–Crippen MR) is 92.8 cm³/mol. The lowest BCUT2D eigenvalue weighted by atomic mass is 9.91.